The highest BCUT2D eigenvalue weighted by Crippen LogP contribution is 2.36. The van der Waals surface area contributed by atoms with Crippen LogP contribution in [0.4, 0.5) is 0 Å². The topological polar surface area (TPSA) is 100.0 Å². The molecule has 0 atom stereocenters. The minimum atomic E-state index is -3.52. The van der Waals surface area contributed by atoms with Crippen LogP contribution < -0.4 is 10.0 Å². The highest BCUT2D eigenvalue weighted by Gasteiger charge is 2.38. The molecule has 2 heterocycles. The van der Waals surface area contributed by atoms with E-state index >= 15 is 0 Å². The maximum atomic E-state index is 12.0. The van der Waals surface area contributed by atoms with E-state index in [9.17, 15) is 13.2 Å². The van der Waals surface area contributed by atoms with Crippen molar-refractivity contribution in [1.82, 2.24) is 10.0 Å². The van der Waals surface area contributed by atoms with E-state index in [0.717, 1.165) is 11.3 Å². The molecule has 1 aromatic rings. The summed E-state index contributed by atoms with van der Waals surface area (Å²) in [6.45, 7) is 0.405. The molecule has 118 valence electrons. The molecule has 0 unspecified atom stereocenters. The number of carbonyl (C=O) groups excluding carboxylic acids is 1. The summed E-state index contributed by atoms with van der Waals surface area (Å²) in [5.41, 5.74) is -0.435. The fraction of sp³-hybridized carbons (Fsp3) is 0.462. The molecular weight excluding hydrogens is 324 g/mol. The highest BCUT2D eigenvalue weighted by atomic mass is 32.2. The van der Waals surface area contributed by atoms with E-state index in [0.29, 0.717) is 30.7 Å². The Kier molecular flexibility index (Phi) is 4.95. The number of terminal acetylenes is 1. The predicted molar refractivity (Wildman–Crippen MR) is 83.2 cm³/mol. The molecule has 7 nitrogen and oxygen atoms in total. The molecule has 1 aromatic heterocycles. The normalized spacial score (nSPS) is 15.3. The molecule has 0 saturated heterocycles. The van der Waals surface area contributed by atoms with Gasteiger partial charge in [0.2, 0.25) is 10.0 Å². The molecule has 0 fully saturated rings. The van der Waals surface area contributed by atoms with Crippen molar-refractivity contribution in [3.05, 3.63) is 16.3 Å². The Labute approximate surface area is 133 Å². The first-order valence-electron chi connectivity index (χ1n) is 6.60. The van der Waals surface area contributed by atoms with Gasteiger partial charge in [0, 0.05) is 31.2 Å². The molecule has 2 rings (SSSR count). The zero-order valence-electron chi connectivity index (χ0n) is 12.0. The molecule has 22 heavy (non-hydrogen) atoms. The van der Waals surface area contributed by atoms with E-state index < -0.39 is 15.7 Å². The molecule has 0 saturated carbocycles. The lowest BCUT2D eigenvalue weighted by atomic mass is 10.0. The van der Waals surface area contributed by atoms with E-state index in [2.05, 4.69) is 26.2 Å². The van der Waals surface area contributed by atoms with Crippen molar-refractivity contribution < 1.29 is 13.2 Å². The van der Waals surface area contributed by atoms with Gasteiger partial charge in [-0.15, -0.1) is 23.7 Å². The first-order chi connectivity index (χ1) is 10.4. The van der Waals surface area contributed by atoms with Crippen molar-refractivity contribution in [2.45, 2.75) is 29.8 Å². The summed E-state index contributed by atoms with van der Waals surface area (Å²) in [6, 6.07) is 1.35. The van der Waals surface area contributed by atoms with E-state index in [-0.39, 0.29) is 10.8 Å². The average Bonchev–Trinajstić information content (AvgIpc) is 3.08. The van der Waals surface area contributed by atoms with Crippen molar-refractivity contribution in [1.29, 1.82) is 0 Å². The lowest BCUT2D eigenvalue weighted by Gasteiger charge is -2.09. The van der Waals surface area contributed by atoms with Gasteiger partial charge in [-0.05, 0) is 13.1 Å². The zero-order chi connectivity index (χ0) is 16.2. The Hall–Kier alpha value is -1.76. The quantitative estimate of drug-likeness (QED) is 0.699. The molecule has 0 spiro atoms. The second kappa shape index (κ2) is 6.56. The number of nitrogens with zero attached hydrogens (tertiary/aromatic N) is 2. The van der Waals surface area contributed by atoms with Crippen LogP contribution >= 0.6 is 11.3 Å². The molecule has 9 heteroatoms. The van der Waals surface area contributed by atoms with E-state index in [1.807, 2.05) is 0 Å². The maximum Gasteiger partial charge on any atom is 0.261 e. The summed E-state index contributed by atoms with van der Waals surface area (Å²) in [6.07, 6.45) is 7.08. The van der Waals surface area contributed by atoms with Gasteiger partial charge in [0.15, 0.2) is 5.66 Å². The first kappa shape index (κ1) is 16.6. The number of amides is 1. The molecule has 0 aliphatic carbocycles. The monoisotopic (exact) mass is 340 g/mol. The summed E-state index contributed by atoms with van der Waals surface area (Å²) in [5, 5.41) is 12.1. The Morgan fingerprint density at radius 3 is 2.77 bits per heavy atom. The molecule has 1 aliphatic rings. The lowest BCUT2D eigenvalue weighted by Crippen LogP contribution is -2.27. The number of carbonyl (C=O) groups is 1. The third-order valence-corrected chi connectivity index (χ3v) is 5.71. The van der Waals surface area contributed by atoms with Crippen LogP contribution in [-0.4, -0.2) is 33.6 Å². The number of thiophene rings is 1. The molecule has 2 N–H and O–H groups in total. The van der Waals surface area contributed by atoms with E-state index in [4.69, 9.17) is 6.42 Å². The summed E-state index contributed by atoms with van der Waals surface area (Å²) in [7, 11) is -2.20. The van der Waals surface area contributed by atoms with Crippen molar-refractivity contribution in [2.75, 3.05) is 13.6 Å². The Morgan fingerprint density at radius 1 is 1.45 bits per heavy atom. The van der Waals surface area contributed by atoms with Gasteiger partial charge in [-0.1, -0.05) is 0 Å². The fourth-order valence-corrected chi connectivity index (χ4v) is 3.75. The van der Waals surface area contributed by atoms with Crippen molar-refractivity contribution in [2.24, 2.45) is 10.2 Å². The molecule has 1 amide bonds. The number of rotatable bonds is 8. The molecule has 0 radical (unpaired) electrons. The highest BCUT2D eigenvalue weighted by molar-refractivity contribution is 7.89. The Bertz CT molecular complexity index is 725. The predicted octanol–water partition coefficient (Wildman–Crippen LogP) is 1.35. The van der Waals surface area contributed by atoms with Crippen LogP contribution in [0.5, 0.6) is 0 Å². The number of nitrogens with one attached hydrogen (secondary N) is 2. The minimum Gasteiger partial charge on any atom is -0.351 e. The summed E-state index contributed by atoms with van der Waals surface area (Å²) >= 11 is 1.08. The van der Waals surface area contributed by atoms with Crippen molar-refractivity contribution in [3.8, 4) is 12.3 Å². The Morgan fingerprint density at radius 2 is 2.18 bits per heavy atom. The Balaban J connectivity index is 1.85. The van der Waals surface area contributed by atoms with Crippen LogP contribution in [-0.2, 0) is 10.0 Å². The van der Waals surface area contributed by atoms with Crippen molar-refractivity contribution >= 4 is 27.3 Å². The summed E-state index contributed by atoms with van der Waals surface area (Å²) < 4.78 is 25.4. The fourth-order valence-electron chi connectivity index (χ4n) is 1.83. The second-order valence-electron chi connectivity index (χ2n) is 4.75. The summed E-state index contributed by atoms with van der Waals surface area (Å²) in [5.74, 6) is 2.23. The molecule has 0 bridgehead atoms. The minimum absolute atomic E-state index is 0.0860. The third-order valence-electron chi connectivity index (χ3n) is 3.24. The maximum absolute atomic E-state index is 12.0. The van der Waals surface area contributed by atoms with Crippen LogP contribution in [0.1, 0.15) is 28.9 Å². The van der Waals surface area contributed by atoms with Crippen LogP contribution in [0.3, 0.4) is 0 Å². The van der Waals surface area contributed by atoms with Gasteiger partial charge < -0.3 is 5.32 Å². The molecular formula is C13H16N4O3S2. The average molecular weight is 340 g/mol. The van der Waals surface area contributed by atoms with Crippen LogP contribution in [0.25, 0.3) is 0 Å². The SMILES string of the molecule is C#CCCC1(CCNC(=O)c2cc(S(=O)(=O)NC)cs2)N=N1. The molecule has 0 aromatic carbocycles. The number of hydrogen-bond acceptors (Lipinski definition) is 6. The number of hydrogen-bond donors (Lipinski definition) is 2. The van der Waals surface area contributed by atoms with Gasteiger partial charge in [0.25, 0.3) is 5.91 Å². The third kappa shape index (κ3) is 3.91. The van der Waals surface area contributed by atoms with E-state index in [1.165, 1.54) is 18.5 Å². The van der Waals surface area contributed by atoms with E-state index in [1.54, 1.807) is 0 Å². The zero-order valence-corrected chi connectivity index (χ0v) is 13.6. The largest absolute Gasteiger partial charge is 0.351 e. The van der Waals surface area contributed by atoms with Gasteiger partial charge in [0.1, 0.15) is 0 Å². The van der Waals surface area contributed by atoms with Gasteiger partial charge in [-0.3, -0.25) is 4.79 Å². The van der Waals surface area contributed by atoms with Gasteiger partial charge in [-0.25, -0.2) is 13.1 Å². The van der Waals surface area contributed by atoms with Gasteiger partial charge >= 0.3 is 0 Å². The van der Waals surface area contributed by atoms with Gasteiger partial charge in [-0.2, -0.15) is 10.2 Å². The van der Waals surface area contributed by atoms with Crippen LogP contribution in [0.2, 0.25) is 0 Å². The van der Waals surface area contributed by atoms with Crippen LogP contribution in [0.15, 0.2) is 26.6 Å². The smallest absolute Gasteiger partial charge is 0.261 e. The van der Waals surface area contributed by atoms with Crippen LogP contribution in [0, 0.1) is 12.3 Å². The molecule has 1 aliphatic heterocycles. The lowest BCUT2D eigenvalue weighted by molar-refractivity contribution is 0.0956. The number of sulfonamides is 1. The second-order valence-corrected chi connectivity index (χ2v) is 7.54. The standard InChI is InChI=1S/C13H16N4O3S2/c1-3-4-5-13(16-17-13)6-7-15-12(18)11-8-10(9-21-11)22(19,20)14-2/h1,8-9,14H,4-7H2,2H3,(H,15,18). The van der Waals surface area contributed by atoms with Crippen molar-refractivity contribution in [3.63, 3.8) is 0 Å². The van der Waals surface area contributed by atoms with Gasteiger partial charge in [0.05, 0.1) is 9.77 Å². The summed E-state index contributed by atoms with van der Waals surface area (Å²) in [4.78, 5) is 12.4. The first-order valence-corrected chi connectivity index (χ1v) is 8.96.